The summed E-state index contributed by atoms with van der Waals surface area (Å²) >= 11 is 0. The molecule has 12 nitrogen and oxygen atoms in total. The number of hydrogen-bond acceptors (Lipinski definition) is 10. The molecular weight excluding hydrogens is 472 g/mol. The number of nitro benzene ring substituents is 1. The molecule has 1 aromatic heterocycles. The SMILES string of the molecule is CCOC(=O)c1c(C(O)c2cc(OC)c(OC(C)C)cc2[N+](=O)[O-])nnn1Cc1ccc(OC)cc1. The Morgan fingerprint density at radius 1 is 1.14 bits per heavy atom. The highest BCUT2D eigenvalue weighted by molar-refractivity contribution is 5.89. The second kappa shape index (κ2) is 11.5. The zero-order valence-electron chi connectivity index (χ0n) is 20.6. The number of aliphatic hydroxyl groups is 1. The van der Waals surface area contributed by atoms with Gasteiger partial charge in [-0.3, -0.25) is 10.1 Å². The molecule has 1 atom stereocenters. The summed E-state index contributed by atoms with van der Waals surface area (Å²) in [4.78, 5) is 24.1. The monoisotopic (exact) mass is 500 g/mol. The lowest BCUT2D eigenvalue weighted by molar-refractivity contribution is -0.386. The number of nitro groups is 1. The van der Waals surface area contributed by atoms with E-state index in [-0.39, 0.29) is 47.7 Å². The van der Waals surface area contributed by atoms with Crippen molar-refractivity contribution in [3.63, 3.8) is 0 Å². The molecule has 0 amide bonds. The molecule has 0 aliphatic carbocycles. The Kier molecular flexibility index (Phi) is 8.43. The predicted octanol–water partition coefficient (Wildman–Crippen LogP) is 3.30. The quantitative estimate of drug-likeness (QED) is 0.236. The first kappa shape index (κ1) is 26.4. The van der Waals surface area contributed by atoms with Gasteiger partial charge in [-0.1, -0.05) is 17.3 Å². The Hall–Kier alpha value is -4.19. The number of benzene rings is 2. The second-order valence-corrected chi connectivity index (χ2v) is 7.94. The summed E-state index contributed by atoms with van der Waals surface area (Å²) in [5.41, 5.74) is -0.121. The fraction of sp³-hybridized carbons (Fsp3) is 0.375. The van der Waals surface area contributed by atoms with Gasteiger partial charge in [0.1, 0.15) is 17.5 Å². The first-order chi connectivity index (χ1) is 17.2. The van der Waals surface area contributed by atoms with Crippen LogP contribution >= 0.6 is 0 Å². The number of methoxy groups -OCH3 is 2. The summed E-state index contributed by atoms with van der Waals surface area (Å²) in [6.45, 7) is 5.36. The molecule has 0 bridgehead atoms. The van der Waals surface area contributed by atoms with Crippen molar-refractivity contribution in [3.8, 4) is 17.2 Å². The topological polar surface area (TPSA) is 148 Å². The molecule has 12 heteroatoms. The minimum absolute atomic E-state index is 0.0668. The van der Waals surface area contributed by atoms with E-state index >= 15 is 0 Å². The van der Waals surface area contributed by atoms with Gasteiger partial charge in [0, 0.05) is 0 Å². The molecule has 0 radical (unpaired) electrons. The van der Waals surface area contributed by atoms with Crippen molar-refractivity contribution in [2.75, 3.05) is 20.8 Å². The number of carbonyl (C=O) groups is 1. The van der Waals surface area contributed by atoms with E-state index in [1.54, 1.807) is 52.1 Å². The Balaban J connectivity index is 2.10. The van der Waals surface area contributed by atoms with E-state index in [4.69, 9.17) is 18.9 Å². The van der Waals surface area contributed by atoms with Crippen LogP contribution < -0.4 is 14.2 Å². The molecule has 0 aliphatic rings. The minimum atomic E-state index is -1.68. The maximum Gasteiger partial charge on any atom is 0.358 e. The summed E-state index contributed by atoms with van der Waals surface area (Å²) in [5, 5.41) is 31.1. The van der Waals surface area contributed by atoms with E-state index in [2.05, 4.69) is 10.3 Å². The van der Waals surface area contributed by atoms with E-state index in [1.165, 1.54) is 23.9 Å². The van der Waals surface area contributed by atoms with Gasteiger partial charge in [-0.2, -0.15) is 0 Å². The Bertz CT molecular complexity index is 1220. The first-order valence-corrected chi connectivity index (χ1v) is 11.1. The van der Waals surface area contributed by atoms with Crippen LogP contribution in [-0.2, 0) is 11.3 Å². The van der Waals surface area contributed by atoms with Crippen LogP contribution in [0.1, 0.15) is 54.2 Å². The standard InChI is InChI=1S/C24H28N4O8/c1-6-35-24(30)22-21(25-26-27(22)13-15-7-9-16(33-4)10-8-15)23(29)17-11-19(34-5)20(36-14(2)3)12-18(17)28(31)32/h7-12,14,23,29H,6,13H2,1-5H3. The highest BCUT2D eigenvalue weighted by atomic mass is 16.6. The van der Waals surface area contributed by atoms with Gasteiger partial charge in [-0.25, -0.2) is 9.48 Å². The molecule has 0 spiro atoms. The van der Waals surface area contributed by atoms with Crippen LogP contribution in [0.5, 0.6) is 17.2 Å². The Labute approximate surface area is 207 Å². The highest BCUT2D eigenvalue weighted by Crippen LogP contribution is 2.40. The van der Waals surface area contributed by atoms with Crippen molar-refractivity contribution >= 4 is 11.7 Å². The predicted molar refractivity (Wildman–Crippen MR) is 128 cm³/mol. The molecular formula is C24H28N4O8. The normalized spacial score (nSPS) is 11.8. The molecule has 3 rings (SSSR count). The fourth-order valence-corrected chi connectivity index (χ4v) is 3.53. The molecule has 0 fully saturated rings. The molecule has 192 valence electrons. The number of rotatable bonds is 11. The van der Waals surface area contributed by atoms with Crippen molar-refractivity contribution in [1.29, 1.82) is 0 Å². The molecule has 1 N–H and O–H groups in total. The Morgan fingerprint density at radius 2 is 1.83 bits per heavy atom. The van der Waals surface area contributed by atoms with Crippen LogP contribution in [0.2, 0.25) is 0 Å². The largest absolute Gasteiger partial charge is 0.497 e. The second-order valence-electron chi connectivity index (χ2n) is 7.94. The van der Waals surface area contributed by atoms with Gasteiger partial charge in [0.15, 0.2) is 17.2 Å². The van der Waals surface area contributed by atoms with Gasteiger partial charge < -0.3 is 24.1 Å². The van der Waals surface area contributed by atoms with Crippen LogP contribution in [0, 0.1) is 10.1 Å². The first-order valence-electron chi connectivity index (χ1n) is 11.1. The zero-order valence-corrected chi connectivity index (χ0v) is 20.6. The number of aliphatic hydroxyl groups excluding tert-OH is 1. The third kappa shape index (κ3) is 5.71. The van der Waals surface area contributed by atoms with E-state index in [0.29, 0.717) is 5.75 Å². The Morgan fingerprint density at radius 3 is 2.39 bits per heavy atom. The van der Waals surface area contributed by atoms with Crippen LogP contribution in [0.15, 0.2) is 36.4 Å². The summed E-state index contributed by atoms with van der Waals surface area (Å²) in [5.74, 6) is 0.195. The number of esters is 1. The molecule has 1 heterocycles. The lowest BCUT2D eigenvalue weighted by atomic mass is 10.0. The van der Waals surface area contributed by atoms with Crippen molar-refractivity contribution in [2.24, 2.45) is 0 Å². The molecule has 0 aliphatic heterocycles. The minimum Gasteiger partial charge on any atom is -0.497 e. The number of carbonyl (C=O) groups excluding carboxylic acids is 1. The molecule has 0 saturated heterocycles. The van der Waals surface area contributed by atoms with Gasteiger partial charge in [-0.15, -0.1) is 5.10 Å². The summed E-state index contributed by atoms with van der Waals surface area (Å²) in [7, 11) is 2.92. The van der Waals surface area contributed by atoms with Gasteiger partial charge in [-0.05, 0) is 44.5 Å². The molecule has 1 unspecified atom stereocenters. The summed E-state index contributed by atoms with van der Waals surface area (Å²) in [6, 6.07) is 9.54. The van der Waals surface area contributed by atoms with Gasteiger partial charge in [0.2, 0.25) is 0 Å². The third-order valence-electron chi connectivity index (χ3n) is 5.15. The van der Waals surface area contributed by atoms with Crippen LogP contribution in [0.4, 0.5) is 5.69 Å². The van der Waals surface area contributed by atoms with Gasteiger partial charge in [0.05, 0.1) is 50.0 Å². The van der Waals surface area contributed by atoms with Crippen LogP contribution in [0.25, 0.3) is 0 Å². The third-order valence-corrected chi connectivity index (χ3v) is 5.15. The van der Waals surface area contributed by atoms with Gasteiger partial charge in [0.25, 0.3) is 5.69 Å². The maximum atomic E-state index is 12.9. The van der Waals surface area contributed by atoms with E-state index in [0.717, 1.165) is 5.56 Å². The summed E-state index contributed by atoms with van der Waals surface area (Å²) < 4.78 is 22.5. The average Bonchev–Trinajstić information content (AvgIpc) is 3.27. The van der Waals surface area contributed by atoms with Crippen molar-refractivity contribution < 1.29 is 33.8 Å². The zero-order chi connectivity index (χ0) is 26.4. The van der Waals surface area contributed by atoms with E-state index in [9.17, 15) is 20.0 Å². The maximum absolute atomic E-state index is 12.9. The number of aromatic nitrogens is 3. The molecule has 0 saturated carbocycles. The number of nitrogens with zero attached hydrogens (tertiary/aromatic N) is 4. The molecule has 2 aromatic carbocycles. The fourth-order valence-electron chi connectivity index (χ4n) is 3.53. The average molecular weight is 501 g/mol. The number of hydrogen-bond donors (Lipinski definition) is 1. The van der Waals surface area contributed by atoms with Crippen molar-refractivity contribution in [3.05, 3.63) is 69.0 Å². The molecule has 36 heavy (non-hydrogen) atoms. The van der Waals surface area contributed by atoms with Crippen molar-refractivity contribution in [2.45, 2.75) is 39.5 Å². The lowest BCUT2D eigenvalue weighted by Gasteiger charge is -2.17. The highest BCUT2D eigenvalue weighted by Gasteiger charge is 2.33. The smallest absolute Gasteiger partial charge is 0.358 e. The number of ether oxygens (including phenoxy) is 4. The van der Waals surface area contributed by atoms with Crippen molar-refractivity contribution in [1.82, 2.24) is 15.0 Å². The van der Waals surface area contributed by atoms with Crippen LogP contribution in [0.3, 0.4) is 0 Å². The van der Waals surface area contributed by atoms with E-state index in [1.807, 2.05) is 0 Å². The lowest BCUT2D eigenvalue weighted by Crippen LogP contribution is -2.18. The van der Waals surface area contributed by atoms with E-state index < -0.39 is 22.7 Å². The van der Waals surface area contributed by atoms with Crippen LogP contribution in [-0.4, -0.2) is 57.9 Å². The van der Waals surface area contributed by atoms with Gasteiger partial charge >= 0.3 is 5.97 Å². The summed E-state index contributed by atoms with van der Waals surface area (Å²) in [6.07, 6.45) is -1.96. The molecule has 3 aromatic rings.